The van der Waals surface area contributed by atoms with Gasteiger partial charge in [-0.2, -0.15) is 0 Å². The molecule has 1 fully saturated rings. The Balaban J connectivity index is 1.48. The van der Waals surface area contributed by atoms with Crippen molar-refractivity contribution in [1.82, 2.24) is 5.32 Å². The van der Waals surface area contributed by atoms with Gasteiger partial charge in [-0.15, -0.1) is 0 Å². The molecule has 1 atom stereocenters. The molecule has 1 aliphatic heterocycles. The van der Waals surface area contributed by atoms with Crippen molar-refractivity contribution in [2.75, 3.05) is 23.8 Å². The molecule has 1 saturated heterocycles. The summed E-state index contributed by atoms with van der Waals surface area (Å²) in [5.74, 6) is -0.167. The van der Waals surface area contributed by atoms with E-state index in [-0.39, 0.29) is 18.0 Å². The molecule has 1 heterocycles. The topological polar surface area (TPSA) is 79.5 Å². The Labute approximate surface area is 152 Å². The third-order valence-corrected chi connectivity index (χ3v) is 4.23. The van der Waals surface area contributed by atoms with E-state index in [1.54, 1.807) is 36.4 Å². The molecule has 6 nitrogen and oxygen atoms in total. The predicted molar refractivity (Wildman–Crippen MR) is 102 cm³/mol. The highest BCUT2D eigenvalue weighted by atomic mass is 16.5. The van der Waals surface area contributed by atoms with Crippen molar-refractivity contribution in [1.29, 1.82) is 0 Å². The van der Waals surface area contributed by atoms with Crippen LogP contribution in [-0.2, 0) is 4.74 Å². The highest BCUT2D eigenvalue weighted by Crippen LogP contribution is 2.15. The number of aryl methyl sites for hydroxylation is 1. The van der Waals surface area contributed by atoms with Crippen molar-refractivity contribution in [2.24, 2.45) is 0 Å². The Hall–Kier alpha value is -2.86. The van der Waals surface area contributed by atoms with Crippen molar-refractivity contribution < 1.29 is 14.3 Å². The number of amides is 3. The molecule has 3 rings (SSSR count). The van der Waals surface area contributed by atoms with E-state index in [1.165, 1.54) is 0 Å². The number of carbonyl (C=O) groups is 2. The van der Waals surface area contributed by atoms with Gasteiger partial charge in [0.2, 0.25) is 0 Å². The van der Waals surface area contributed by atoms with E-state index in [0.29, 0.717) is 23.5 Å². The average molecular weight is 353 g/mol. The summed E-state index contributed by atoms with van der Waals surface area (Å²) in [6.45, 7) is 3.25. The maximum absolute atomic E-state index is 12.2. The molecule has 2 aromatic rings. The van der Waals surface area contributed by atoms with Gasteiger partial charge in [-0.25, -0.2) is 4.79 Å². The summed E-state index contributed by atoms with van der Waals surface area (Å²) in [7, 11) is 0. The molecule has 1 unspecified atom stereocenters. The minimum absolute atomic E-state index is 0.111. The third-order valence-electron chi connectivity index (χ3n) is 4.23. The van der Waals surface area contributed by atoms with Gasteiger partial charge in [0.05, 0.1) is 6.10 Å². The first kappa shape index (κ1) is 17.9. The van der Waals surface area contributed by atoms with Crippen LogP contribution in [0.5, 0.6) is 0 Å². The van der Waals surface area contributed by atoms with Crippen molar-refractivity contribution in [3.63, 3.8) is 0 Å². The molecular weight excluding hydrogens is 330 g/mol. The molecule has 0 saturated carbocycles. The molecular formula is C20H23N3O3. The van der Waals surface area contributed by atoms with E-state index < -0.39 is 0 Å². The highest BCUT2D eigenvalue weighted by molar-refractivity contribution is 6.04. The van der Waals surface area contributed by atoms with Gasteiger partial charge in [0, 0.05) is 30.1 Å². The molecule has 0 aromatic heterocycles. The minimum atomic E-state index is -0.267. The second-order valence-corrected chi connectivity index (χ2v) is 6.37. The van der Waals surface area contributed by atoms with Crippen molar-refractivity contribution >= 4 is 23.3 Å². The first-order valence-electron chi connectivity index (χ1n) is 8.75. The van der Waals surface area contributed by atoms with Gasteiger partial charge in [0.15, 0.2) is 0 Å². The summed E-state index contributed by atoms with van der Waals surface area (Å²) >= 11 is 0. The second-order valence-electron chi connectivity index (χ2n) is 6.37. The molecule has 0 radical (unpaired) electrons. The molecule has 6 heteroatoms. The SMILES string of the molecule is Cc1ccc(C(=O)Nc2ccc(NC(=O)NCC3CCCO3)cc2)cc1. The highest BCUT2D eigenvalue weighted by Gasteiger charge is 2.16. The van der Waals surface area contributed by atoms with Crippen molar-refractivity contribution in [3.05, 3.63) is 59.7 Å². The standard InChI is InChI=1S/C20H23N3O3/c1-14-4-6-15(7-5-14)19(24)22-16-8-10-17(11-9-16)23-20(25)21-13-18-3-2-12-26-18/h4-11,18H,2-3,12-13H2,1H3,(H,22,24)(H2,21,23,25). The Morgan fingerprint density at radius 2 is 1.65 bits per heavy atom. The second kappa shape index (κ2) is 8.49. The van der Waals surface area contributed by atoms with Crippen LogP contribution in [0.2, 0.25) is 0 Å². The zero-order valence-corrected chi connectivity index (χ0v) is 14.7. The minimum Gasteiger partial charge on any atom is -0.376 e. The maximum Gasteiger partial charge on any atom is 0.319 e. The lowest BCUT2D eigenvalue weighted by atomic mass is 10.1. The van der Waals surface area contributed by atoms with Crippen LogP contribution in [0.15, 0.2) is 48.5 Å². The summed E-state index contributed by atoms with van der Waals surface area (Å²) in [5.41, 5.74) is 3.03. The zero-order chi connectivity index (χ0) is 18.4. The van der Waals surface area contributed by atoms with Gasteiger partial charge < -0.3 is 20.7 Å². The number of anilines is 2. The van der Waals surface area contributed by atoms with E-state index in [9.17, 15) is 9.59 Å². The van der Waals surface area contributed by atoms with E-state index in [2.05, 4.69) is 16.0 Å². The van der Waals surface area contributed by atoms with Crippen molar-refractivity contribution in [3.8, 4) is 0 Å². The zero-order valence-electron chi connectivity index (χ0n) is 14.7. The monoisotopic (exact) mass is 353 g/mol. The van der Waals surface area contributed by atoms with Crippen LogP contribution < -0.4 is 16.0 Å². The maximum atomic E-state index is 12.2. The number of benzene rings is 2. The summed E-state index contributed by atoms with van der Waals surface area (Å²) in [4.78, 5) is 24.1. The number of urea groups is 1. The largest absolute Gasteiger partial charge is 0.376 e. The van der Waals surface area contributed by atoms with E-state index in [1.807, 2.05) is 19.1 Å². The van der Waals surface area contributed by atoms with Crippen LogP contribution in [0.25, 0.3) is 0 Å². The van der Waals surface area contributed by atoms with Gasteiger partial charge in [-0.05, 0) is 56.2 Å². The number of nitrogens with one attached hydrogen (secondary N) is 3. The lowest BCUT2D eigenvalue weighted by Gasteiger charge is -2.12. The van der Waals surface area contributed by atoms with Crippen LogP contribution >= 0.6 is 0 Å². The Kier molecular flexibility index (Phi) is 5.86. The summed E-state index contributed by atoms with van der Waals surface area (Å²) in [6, 6.07) is 14.1. The fourth-order valence-corrected chi connectivity index (χ4v) is 2.73. The molecule has 3 N–H and O–H groups in total. The van der Waals surface area contributed by atoms with Crippen LogP contribution in [0.4, 0.5) is 16.2 Å². The molecule has 2 aromatic carbocycles. The van der Waals surface area contributed by atoms with Gasteiger partial charge in [-0.3, -0.25) is 4.79 Å². The lowest BCUT2D eigenvalue weighted by Crippen LogP contribution is -2.35. The van der Waals surface area contributed by atoms with Crippen LogP contribution in [-0.4, -0.2) is 31.2 Å². The Bertz CT molecular complexity index is 751. The van der Waals surface area contributed by atoms with Gasteiger partial charge in [0.25, 0.3) is 5.91 Å². The van der Waals surface area contributed by atoms with E-state index in [4.69, 9.17) is 4.74 Å². The van der Waals surface area contributed by atoms with E-state index >= 15 is 0 Å². The van der Waals surface area contributed by atoms with Gasteiger partial charge in [-0.1, -0.05) is 17.7 Å². The molecule has 3 amide bonds. The smallest absolute Gasteiger partial charge is 0.319 e. The van der Waals surface area contributed by atoms with Crippen LogP contribution in [0, 0.1) is 6.92 Å². The third kappa shape index (κ3) is 5.07. The number of rotatable bonds is 5. The number of hydrogen-bond donors (Lipinski definition) is 3. The summed E-state index contributed by atoms with van der Waals surface area (Å²) in [5, 5.41) is 8.40. The normalized spacial score (nSPS) is 16.1. The summed E-state index contributed by atoms with van der Waals surface area (Å²) in [6.07, 6.45) is 2.14. The van der Waals surface area contributed by atoms with Crippen molar-refractivity contribution in [2.45, 2.75) is 25.9 Å². The predicted octanol–water partition coefficient (Wildman–Crippen LogP) is 3.55. The summed E-state index contributed by atoms with van der Waals surface area (Å²) < 4.78 is 5.47. The fraction of sp³-hybridized carbons (Fsp3) is 0.300. The quantitative estimate of drug-likeness (QED) is 0.769. The molecule has 0 bridgehead atoms. The Morgan fingerprint density at radius 1 is 1.00 bits per heavy atom. The first-order valence-corrected chi connectivity index (χ1v) is 8.75. The number of hydrogen-bond acceptors (Lipinski definition) is 3. The number of ether oxygens (including phenoxy) is 1. The Morgan fingerprint density at radius 3 is 2.27 bits per heavy atom. The van der Waals surface area contributed by atoms with E-state index in [0.717, 1.165) is 25.0 Å². The molecule has 136 valence electrons. The molecule has 0 spiro atoms. The number of carbonyl (C=O) groups excluding carboxylic acids is 2. The van der Waals surface area contributed by atoms with Gasteiger partial charge in [0.1, 0.15) is 0 Å². The van der Waals surface area contributed by atoms with Crippen LogP contribution in [0.1, 0.15) is 28.8 Å². The van der Waals surface area contributed by atoms with Gasteiger partial charge >= 0.3 is 6.03 Å². The average Bonchev–Trinajstić information content (AvgIpc) is 3.16. The molecule has 26 heavy (non-hydrogen) atoms. The lowest BCUT2D eigenvalue weighted by molar-refractivity contribution is 0.102. The van der Waals surface area contributed by atoms with Crippen LogP contribution in [0.3, 0.4) is 0 Å². The molecule has 0 aliphatic carbocycles. The fourth-order valence-electron chi connectivity index (χ4n) is 2.73. The molecule has 1 aliphatic rings. The first-order chi connectivity index (χ1) is 12.6.